The lowest BCUT2D eigenvalue weighted by Crippen LogP contribution is -2.34. The third kappa shape index (κ3) is 2.09. The van der Waals surface area contributed by atoms with E-state index in [4.69, 9.17) is 15.0 Å². The Labute approximate surface area is 101 Å². The Kier molecular flexibility index (Phi) is 2.88. The molecule has 2 heterocycles. The van der Waals surface area contributed by atoms with Gasteiger partial charge in [0.25, 0.3) is 0 Å². The number of ether oxygens (including phenoxy) is 1. The van der Waals surface area contributed by atoms with Gasteiger partial charge in [0.2, 0.25) is 5.89 Å². The molecule has 17 heavy (non-hydrogen) atoms. The van der Waals surface area contributed by atoms with E-state index in [1.807, 2.05) is 0 Å². The number of hydrogen-bond acceptors (Lipinski definition) is 5. The zero-order valence-electron chi connectivity index (χ0n) is 10.0. The van der Waals surface area contributed by atoms with Crippen molar-refractivity contribution >= 4 is 0 Å². The molecule has 1 aromatic heterocycles. The highest BCUT2D eigenvalue weighted by Gasteiger charge is 2.36. The molecule has 2 aliphatic rings. The molecule has 1 saturated heterocycles. The predicted molar refractivity (Wildman–Crippen MR) is 61.4 cm³/mol. The standard InChI is InChI=1S/C12H19N3O2/c13-12(5-1-2-6-12)11-14-10(17-15-11)9-3-7-16-8-4-9/h9H,1-8,13H2. The molecule has 1 saturated carbocycles. The second kappa shape index (κ2) is 4.38. The van der Waals surface area contributed by atoms with Crippen molar-refractivity contribution in [3.8, 4) is 0 Å². The van der Waals surface area contributed by atoms with Gasteiger partial charge in [-0.2, -0.15) is 4.98 Å². The van der Waals surface area contributed by atoms with E-state index in [9.17, 15) is 0 Å². The molecule has 5 heteroatoms. The summed E-state index contributed by atoms with van der Waals surface area (Å²) in [6.07, 6.45) is 6.22. The van der Waals surface area contributed by atoms with Crippen molar-refractivity contribution in [1.82, 2.24) is 10.1 Å². The highest BCUT2D eigenvalue weighted by atomic mass is 16.5. The van der Waals surface area contributed by atoms with E-state index in [1.165, 1.54) is 0 Å². The van der Waals surface area contributed by atoms with Crippen LogP contribution >= 0.6 is 0 Å². The first-order valence-electron chi connectivity index (χ1n) is 6.49. The van der Waals surface area contributed by atoms with Gasteiger partial charge in [0, 0.05) is 19.1 Å². The van der Waals surface area contributed by atoms with Crippen LogP contribution in [0.2, 0.25) is 0 Å². The Morgan fingerprint density at radius 2 is 1.88 bits per heavy atom. The van der Waals surface area contributed by atoms with E-state index in [1.54, 1.807) is 0 Å². The Bertz CT molecular complexity index is 379. The maximum Gasteiger partial charge on any atom is 0.230 e. The van der Waals surface area contributed by atoms with Crippen molar-refractivity contribution in [1.29, 1.82) is 0 Å². The molecule has 0 bridgehead atoms. The molecule has 0 atom stereocenters. The summed E-state index contributed by atoms with van der Waals surface area (Å²) >= 11 is 0. The smallest absolute Gasteiger partial charge is 0.230 e. The number of nitrogens with zero attached hydrogens (tertiary/aromatic N) is 2. The van der Waals surface area contributed by atoms with Crippen LogP contribution < -0.4 is 5.73 Å². The molecule has 1 aromatic rings. The zero-order chi connectivity index (χ0) is 11.7. The van der Waals surface area contributed by atoms with E-state index in [2.05, 4.69) is 10.1 Å². The van der Waals surface area contributed by atoms with Gasteiger partial charge < -0.3 is 15.0 Å². The van der Waals surface area contributed by atoms with Crippen molar-refractivity contribution in [3.63, 3.8) is 0 Å². The van der Waals surface area contributed by atoms with Gasteiger partial charge >= 0.3 is 0 Å². The molecule has 1 aliphatic carbocycles. The molecule has 94 valence electrons. The first kappa shape index (κ1) is 11.2. The lowest BCUT2D eigenvalue weighted by Gasteiger charge is -2.19. The molecule has 2 N–H and O–H groups in total. The molecule has 0 spiro atoms. The lowest BCUT2D eigenvalue weighted by molar-refractivity contribution is 0.0778. The second-order valence-corrected chi connectivity index (χ2v) is 5.21. The van der Waals surface area contributed by atoms with Crippen molar-refractivity contribution in [2.24, 2.45) is 5.73 Å². The summed E-state index contributed by atoms with van der Waals surface area (Å²) in [4.78, 5) is 4.53. The Morgan fingerprint density at radius 1 is 1.18 bits per heavy atom. The summed E-state index contributed by atoms with van der Waals surface area (Å²) in [5.74, 6) is 1.81. The summed E-state index contributed by atoms with van der Waals surface area (Å²) in [7, 11) is 0. The van der Waals surface area contributed by atoms with Crippen molar-refractivity contribution in [3.05, 3.63) is 11.7 Å². The zero-order valence-corrected chi connectivity index (χ0v) is 10.0. The average molecular weight is 237 g/mol. The lowest BCUT2D eigenvalue weighted by atomic mass is 9.98. The first-order valence-corrected chi connectivity index (χ1v) is 6.49. The van der Waals surface area contributed by atoms with Crippen LogP contribution in [0.3, 0.4) is 0 Å². The van der Waals surface area contributed by atoms with E-state index < -0.39 is 0 Å². The minimum Gasteiger partial charge on any atom is -0.381 e. The molecular weight excluding hydrogens is 218 g/mol. The minimum absolute atomic E-state index is 0.340. The van der Waals surface area contributed by atoms with Gasteiger partial charge in [-0.3, -0.25) is 0 Å². The maximum atomic E-state index is 6.31. The highest BCUT2D eigenvalue weighted by molar-refractivity contribution is 5.08. The number of hydrogen-bond donors (Lipinski definition) is 1. The number of nitrogens with two attached hydrogens (primary N) is 1. The maximum absolute atomic E-state index is 6.31. The van der Waals surface area contributed by atoms with Crippen LogP contribution in [0.15, 0.2) is 4.52 Å². The van der Waals surface area contributed by atoms with E-state index in [0.717, 1.165) is 57.6 Å². The molecule has 3 rings (SSSR count). The molecule has 2 fully saturated rings. The van der Waals surface area contributed by atoms with E-state index >= 15 is 0 Å². The van der Waals surface area contributed by atoms with Gasteiger partial charge in [-0.25, -0.2) is 0 Å². The van der Waals surface area contributed by atoms with Crippen LogP contribution in [0, 0.1) is 0 Å². The summed E-state index contributed by atoms with van der Waals surface area (Å²) in [6.45, 7) is 1.58. The fraction of sp³-hybridized carbons (Fsp3) is 0.833. The Balaban J connectivity index is 1.77. The molecule has 0 aromatic carbocycles. The molecule has 0 unspecified atom stereocenters. The fourth-order valence-electron chi connectivity index (χ4n) is 2.78. The normalized spacial score (nSPS) is 25.2. The third-order valence-corrected chi connectivity index (χ3v) is 3.95. The third-order valence-electron chi connectivity index (χ3n) is 3.95. The number of rotatable bonds is 2. The van der Waals surface area contributed by atoms with Gasteiger partial charge in [0.05, 0.1) is 5.54 Å². The van der Waals surface area contributed by atoms with Crippen LogP contribution in [-0.2, 0) is 10.3 Å². The van der Waals surface area contributed by atoms with E-state index in [0.29, 0.717) is 11.7 Å². The SMILES string of the molecule is NC1(c2noc(C3CCOCC3)n2)CCCC1. The second-order valence-electron chi connectivity index (χ2n) is 5.21. The number of aromatic nitrogens is 2. The molecule has 0 radical (unpaired) electrons. The first-order chi connectivity index (χ1) is 8.28. The summed E-state index contributed by atoms with van der Waals surface area (Å²) in [6, 6.07) is 0. The van der Waals surface area contributed by atoms with Crippen LogP contribution in [0.25, 0.3) is 0 Å². The molecule has 5 nitrogen and oxygen atoms in total. The van der Waals surface area contributed by atoms with Crippen LogP contribution in [0.4, 0.5) is 0 Å². The summed E-state index contributed by atoms with van der Waals surface area (Å²) in [5.41, 5.74) is 5.97. The van der Waals surface area contributed by atoms with Gasteiger partial charge in [0.15, 0.2) is 5.82 Å². The van der Waals surface area contributed by atoms with Gasteiger partial charge in [-0.05, 0) is 25.7 Å². The Hall–Kier alpha value is -0.940. The monoisotopic (exact) mass is 237 g/mol. The fourth-order valence-corrected chi connectivity index (χ4v) is 2.78. The minimum atomic E-state index is -0.340. The quantitative estimate of drug-likeness (QED) is 0.847. The van der Waals surface area contributed by atoms with Gasteiger partial charge in [-0.15, -0.1) is 0 Å². The average Bonchev–Trinajstić information content (AvgIpc) is 2.99. The van der Waals surface area contributed by atoms with Crippen molar-refractivity contribution in [2.75, 3.05) is 13.2 Å². The molecule has 1 aliphatic heterocycles. The van der Waals surface area contributed by atoms with Crippen LogP contribution in [0.5, 0.6) is 0 Å². The summed E-state index contributed by atoms with van der Waals surface area (Å²) in [5, 5.41) is 4.09. The van der Waals surface area contributed by atoms with Crippen LogP contribution in [0.1, 0.15) is 56.2 Å². The van der Waals surface area contributed by atoms with E-state index in [-0.39, 0.29) is 5.54 Å². The van der Waals surface area contributed by atoms with Crippen molar-refractivity contribution in [2.45, 2.75) is 50.0 Å². The summed E-state index contributed by atoms with van der Waals surface area (Å²) < 4.78 is 10.7. The van der Waals surface area contributed by atoms with Crippen molar-refractivity contribution < 1.29 is 9.26 Å². The largest absolute Gasteiger partial charge is 0.381 e. The van der Waals surface area contributed by atoms with Crippen LogP contribution in [-0.4, -0.2) is 23.4 Å². The topological polar surface area (TPSA) is 74.2 Å². The Morgan fingerprint density at radius 3 is 2.59 bits per heavy atom. The van der Waals surface area contributed by atoms with Gasteiger partial charge in [0.1, 0.15) is 0 Å². The predicted octanol–water partition coefficient (Wildman–Crippen LogP) is 1.69. The van der Waals surface area contributed by atoms with Gasteiger partial charge in [-0.1, -0.05) is 18.0 Å². The molecular formula is C12H19N3O2. The highest BCUT2D eigenvalue weighted by Crippen LogP contribution is 2.35. The molecule has 0 amide bonds.